The molecule has 0 saturated heterocycles. The van der Waals surface area contributed by atoms with E-state index in [9.17, 15) is 22.4 Å². The highest BCUT2D eigenvalue weighted by Gasteiger charge is 2.34. The lowest BCUT2D eigenvalue weighted by molar-refractivity contribution is -0.140. The number of halogens is 3. The molecule has 1 aliphatic carbocycles. The third-order valence-electron chi connectivity index (χ3n) is 7.43. The molecule has 1 N–H and O–H groups in total. The molecule has 42 heavy (non-hydrogen) atoms. The molecule has 0 aromatic heterocycles. The molecule has 1 aliphatic rings. The van der Waals surface area contributed by atoms with Crippen LogP contribution in [0.4, 0.5) is 10.1 Å². The van der Waals surface area contributed by atoms with Crippen molar-refractivity contribution in [3.8, 4) is 0 Å². The number of carbonyl (C=O) groups excluding carboxylic acids is 2. The van der Waals surface area contributed by atoms with Gasteiger partial charge in [0.05, 0.1) is 20.6 Å². The minimum atomic E-state index is -4.24. The average molecular weight is 635 g/mol. The van der Waals surface area contributed by atoms with E-state index in [0.29, 0.717) is 22.0 Å². The second-order valence-electron chi connectivity index (χ2n) is 10.5. The normalized spacial score (nSPS) is 14.4. The summed E-state index contributed by atoms with van der Waals surface area (Å²) in [6.45, 7) is 3.01. The van der Waals surface area contributed by atoms with Crippen LogP contribution in [0.25, 0.3) is 0 Å². The fourth-order valence-electron chi connectivity index (χ4n) is 5.10. The molecule has 0 heterocycles. The van der Waals surface area contributed by atoms with E-state index in [2.05, 4.69) is 5.32 Å². The van der Waals surface area contributed by atoms with Gasteiger partial charge in [-0.05, 0) is 80.3 Å². The molecule has 3 aromatic carbocycles. The van der Waals surface area contributed by atoms with Gasteiger partial charge in [-0.1, -0.05) is 66.7 Å². The van der Waals surface area contributed by atoms with E-state index >= 15 is 0 Å². The number of hydrogen-bond donors (Lipinski definition) is 1. The summed E-state index contributed by atoms with van der Waals surface area (Å²) in [5, 5.41) is 3.71. The van der Waals surface area contributed by atoms with Crippen molar-refractivity contribution in [3.63, 3.8) is 0 Å². The zero-order valence-electron chi connectivity index (χ0n) is 23.5. The van der Waals surface area contributed by atoms with Crippen molar-refractivity contribution in [2.24, 2.45) is 0 Å². The van der Waals surface area contributed by atoms with E-state index in [1.807, 2.05) is 6.92 Å². The Hall–Kier alpha value is -3.14. The first kappa shape index (κ1) is 31.8. The van der Waals surface area contributed by atoms with Crippen LogP contribution in [-0.2, 0) is 26.2 Å². The van der Waals surface area contributed by atoms with Crippen molar-refractivity contribution in [1.29, 1.82) is 0 Å². The fourth-order valence-corrected chi connectivity index (χ4v) is 6.83. The van der Waals surface area contributed by atoms with E-state index in [0.717, 1.165) is 47.7 Å². The number of anilines is 1. The van der Waals surface area contributed by atoms with Gasteiger partial charge in [-0.15, -0.1) is 0 Å². The Balaban J connectivity index is 1.72. The van der Waals surface area contributed by atoms with Gasteiger partial charge >= 0.3 is 0 Å². The largest absolute Gasteiger partial charge is 0.352 e. The fraction of sp³-hybridized carbons (Fsp3) is 0.355. The molecule has 7 nitrogen and oxygen atoms in total. The number of hydrogen-bond acceptors (Lipinski definition) is 4. The van der Waals surface area contributed by atoms with Gasteiger partial charge in [0.15, 0.2) is 0 Å². The minimum Gasteiger partial charge on any atom is -0.352 e. The predicted octanol–water partition coefficient (Wildman–Crippen LogP) is 6.50. The molecular formula is C31H34Cl2FN3O4S. The minimum absolute atomic E-state index is 0.00580. The van der Waals surface area contributed by atoms with Gasteiger partial charge in [0.2, 0.25) is 11.8 Å². The molecule has 0 bridgehead atoms. The van der Waals surface area contributed by atoms with Crippen LogP contribution in [0.3, 0.4) is 0 Å². The van der Waals surface area contributed by atoms with Crippen molar-refractivity contribution in [2.45, 2.75) is 69.5 Å². The number of rotatable bonds is 11. The number of nitrogens with one attached hydrogen (secondary N) is 1. The molecule has 1 atom stereocenters. The van der Waals surface area contributed by atoms with Crippen molar-refractivity contribution >= 4 is 50.7 Å². The Kier molecular flexibility index (Phi) is 10.5. The number of nitrogens with zero attached hydrogens (tertiary/aromatic N) is 2. The monoisotopic (exact) mass is 633 g/mol. The maximum absolute atomic E-state index is 14.1. The number of aryl methyl sites for hydroxylation is 1. The zero-order chi connectivity index (χ0) is 30.4. The molecule has 1 fully saturated rings. The van der Waals surface area contributed by atoms with E-state index in [1.54, 1.807) is 37.3 Å². The highest BCUT2D eigenvalue weighted by atomic mass is 35.5. The highest BCUT2D eigenvalue weighted by Crippen LogP contribution is 2.27. The molecule has 0 aliphatic heterocycles. The van der Waals surface area contributed by atoms with Gasteiger partial charge in [0, 0.05) is 12.6 Å². The Bertz CT molecular complexity index is 1510. The van der Waals surface area contributed by atoms with Gasteiger partial charge in [-0.2, -0.15) is 0 Å². The first-order valence-corrected chi connectivity index (χ1v) is 16.1. The van der Waals surface area contributed by atoms with Crippen molar-refractivity contribution in [1.82, 2.24) is 10.2 Å². The van der Waals surface area contributed by atoms with Crippen LogP contribution < -0.4 is 9.62 Å². The molecule has 11 heteroatoms. The predicted molar refractivity (Wildman–Crippen MR) is 164 cm³/mol. The lowest BCUT2D eigenvalue weighted by atomic mass is 10.1. The number of sulfonamides is 1. The lowest BCUT2D eigenvalue weighted by Gasteiger charge is -2.34. The summed E-state index contributed by atoms with van der Waals surface area (Å²) in [5.41, 5.74) is 1.60. The quantitative estimate of drug-likeness (QED) is 0.261. The molecule has 2 amide bonds. The second kappa shape index (κ2) is 13.9. The van der Waals surface area contributed by atoms with Crippen molar-refractivity contribution in [2.75, 3.05) is 10.8 Å². The second-order valence-corrected chi connectivity index (χ2v) is 13.2. The van der Waals surface area contributed by atoms with Crippen LogP contribution in [-0.4, -0.2) is 43.8 Å². The van der Waals surface area contributed by atoms with Crippen LogP contribution in [0.5, 0.6) is 0 Å². The Labute approximate surface area is 256 Å². The summed E-state index contributed by atoms with van der Waals surface area (Å²) in [5.74, 6) is -1.45. The third kappa shape index (κ3) is 7.62. The third-order valence-corrected chi connectivity index (χ3v) is 9.95. The van der Waals surface area contributed by atoms with E-state index < -0.39 is 34.3 Å². The molecule has 1 unspecified atom stereocenters. The molecular weight excluding hydrogens is 600 g/mol. The summed E-state index contributed by atoms with van der Waals surface area (Å²) in [7, 11) is -4.24. The topological polar surface area (TPSA) is 86.8 Å². The van der Waals surface area contributed by atoms with Crippen molar-refractivity contribution in [3.05, 3.63) is 93.7 Å². The van der Waals surface area contributed by atoms with Gasteiger partial charge in [0.1, 0.15) is 18.4 Å². The summed E-state index contributed by atoms with van der Waals surface area (Å²) >= 11 is 12.4. The van der Waals surface area contributed by atoms with Gasteiger partial charge in [-0.3, -0.25) is 13.9 Å². The standard InChI is InChI=1S/C31H34Cl2FN3O4S/c1-3-29(31(39)35-24-6-4-5-7-24)36(19-22-10-17-27(32)28(33)18-22)30(38)20-37(25-13-11-23(34)12-14-25)42(40,41)26-15-8-21(2)9-16-26/h8-18,24,29H,3-7,19-20H2,1-2H3,(H,35,39). The number of benzene rings is 3. The summed E-state index contributed by atoms with van der Waals surface area (Å²) in [6.07, 6.45) is 4.09. The van der Waals surface area contributed by atoms with Crippen molar-refractivity contribution < 1.29 is 22.4 Å². The highest BCUT2D eigenvalue weighted by molar-refractivity contribution is 7.92. The summed E-state index contributed by atoms with van der Waals surface area (Å²) < 4.78 is 42.5. The van der Waals surface area contributed by atoms with E-state index in [4.69, 9.17) is 23.2 Å². The maximum Gasteiger partial charge on any atom is 0.264 e. The van der Waals surface area contributed by atoms with Gasteiger partial charge < -0.3 is 10.2 Å². The Morgan fingerprint density at radius 1 is 0.976 bits per heavy atom. The van der Waals surface area contributed by atoms with Crippen LogP contribution in [0.2, 0.25) is 10.0 Å². The Morgan fingerprint density at radius 2 is 1.62 bits per heavy atom. The number of amides is 2. The van der Waals surface area contributed by atoms with Gasteiger partial charge in [-0.25, -0.2) is 12.8 Å². The summed E-state index contributed by atoms with van der Waals surface area (Å²) in [4.78, 5) is 29.0. The first-order valence-electron chi connectivity index (χ1n) is 13.9. The van der Waals surface area contributed by atoms with Crippen LogP contribution >= 0.6 is 23.2 Å². The smallest absolute Gasteiger partial charge is 0.264 e. The van der Waals surface area contributed by atoms with Crippen LogP contribution in [0.1, 0.15) is 50.2 Å². The molecule has 1 saturated carbocycles. The van der Waals surface area contributed by atoms with Crippen LogP contribution in [0.15, 0.2) is 71.6 Å². The number of carbonyl (C=O) groups is 2. The SMILES string of the molecule is CCC(C(=O)NC1CCCC1)N(Cc1ccc(Cl)c(Cl)c1)C(=O)CN(c1ccc(F)cc1)S(=O)(=O)c1ccc(C)cc1. The maximum atomic E-state index is 14.1. The lowest BCUT2D eigenvalue weighted by Crippen LogP contribution is -2.53. The molecule has 224 valence electrons. The molecule has 4 rings (SSSR count). The van der Waals surface area contributed by atoms with Gasteiger partial charge in [0.25, 0.3) is 10.0 Å². The zero-order valence-corrected chi connectivity index (χ0v) is 25.9. The van der Waals surface area contributed by atoms with E-state index in [-0.39, 0.29) is 29.1 Å². The van der Waals surface area contributed by atoms with E-state index in [1.165, 1.54) is 29.2 Å². The molecule has 3 aromatic rings. The Morgan fingerprint density at radius 3 is 2.21 bits per heavy atom. The average Bonchev–Trinajstić information content (AvgIpc) is 3.47. The summed E-state index contributed by atoms with van der Waals surface area (Å²) in [6, 6.07) is 15.2. The molecule has 0 radical (unpaired) electrons. The first-order chi connectivity index (χ1) is 20.0. The molecule has 0 spiro atoms. The van der Waals surface area contributed by atoms with Crippen LogP contribution in [0, 0.1) is 12.7 Å².